The second-order valence-electron chi connectivity index (χ2n) is 4.05. The number of para-hydroxylation sites is 1. The Kier molecular flexibility index (Phi) is 5.92. The van der Waals surface area contributed by atoms with E-state index < -0.39 is 11.9 Å². The van der Waals surface area contributed by atoms with Gasteiger partial charge >= 0.3 is 0 Å². The highest BCUT2D eigenvalue weighted by atomic mass is 32.1. The molecule has 1 atom stereocenters. The molecule has 0 bridgehead atoms. The van der Waals surface area contributed by atoms with E-state index in [0.717, 1.165) is 0 Å². The van der Waals surface area contributed by atoms with Gasteiger partial charge in [-0.3, -0.25) is 9.59 Å². The molecule has 2 amide bonds. The van der Waals surface area contributed by atoms with Crippen molar-refractivity contribution >= 4 is 29.0 Å². The quantitative estimate of drug-likeness (QED) is 0.640. The lowest BCUT2D eigenvalue weighted by molar-refractivity contribution is -0.129. The summed E-state index contributed by atoms with van der Waals surface area (Å²) in [4.78, 5) is 23.1. The van der Waals surface area contributed by atoms with Crippen LogP contribution < -0.4 is 21.1 Å². The molecule has 0 aliphatic rings. The molecule has 0 fully saturated rings. The number of carbonyl (C=O) groups excluding carboxylic acids is 2. The molecule has 108 valence electrons. The largest absolute Gasteiger partial charge is 0.483 e. The number of rotatable bonds is 6. The van der Waals surface area contributed by atoms with Crippen molar-refractivity contribution in [3.8, 4) is 5.75 Å². The van der Waals surface area contributed by atoms with E-state index in [-0.39, 0.29) is 17.5 Å². The van der Waals surface area contributed by atoms with Crippen LogP contribution in [0.5, 0.6) is 5.75 Å². The van der Waals surface area contributed by atoms with Gasteiger partial charge in [0, 0.05) is 7.05 Å². The monoisotopic (exact) mass is 295 g/mol. The predicted molar refractivity (Wildman–Crippen MR) is 79.5 cm³/mol. The van der Waals surface area contributed by atoms with Crippen LogP contribution in [0.2, 0.25) is 0 Å². The van der Waals surface area contributed by atoms with Gasteiger partial charge < -0.3 is 21.1 Å². The van der Waals surface area contributed by atoms with Crippen molar-refractivity contribution in [2.24, 2.45) is 5.73 Å². The van der Waals surface area contributed by atoms with Gasteiger partial charge in [0.2, 0.25) is 5.91 Å². The molecule has 0 heterocycles. The first kappa shape index (κ1) is 15.9. The molecular weight excluding hydrogens is 278 g/mol. The minimum absolute atomic E-state index is 0.194. The lowest BCUT2D eigenvalue weighted by atomic mass is 10.2. The summed E-state index contributed by atoms with van der Waals surface area (Å²) < 4.78 is 5.36. The maximum atomic E-state index is 11.6. The lowest BCUT2D eigenvalue weighted by Gasteiger charge is -2.14. The Morgan fingerprint density at radius 3 is 2.65 bits per heavy atom. The summed E-state index contributed by atoms with van der Waals surface area (Å²) in [5.74, 6) is -0.247. The van der Waals surface area contributed by atoms with E-state index >= 15 is 0 Å². The molecule has 0 radical (unpaired) electrons. The number of ether oxygens (including phenoxy) is 1. The molecule has 0 aliphatic carbocycles. The van der Waals surface area contributed by atoms with Gasteiger partial charge in [-0.15, -0.1) is 0 Å². The van der Waals surface area contributed by atoms with E-state index in [9.17, 15) is 9.59 Å². The van der Waals surface area contributed by atoms with E-state index in [2.05, 4.69) is 10.6 Å². The van der Waals surface area contributed by atoms with E-state index in [1.807, 2.05) is 0 Å². The van der Waals surface area contributed by atoms with Crippen LogP contribution >= 0.6 is 12.2 Å². The number of thiocarbonyl (C=S) groups is 1. The first-order valence-electron chi connectivity index (χ1n) is 5.98. The number of carbonyl (C=O) groups is 2. The van der Waals surface area contributed by atoms with Crippen molar-refractivity contribution in [3.05, 3.63) is 29.8 Å². The maximum Gasteiger partial charge on any atom is 0.258 e. The molecule has 0 saturated heterocycles. The van der Waals surface area contributed by atoms with Gasteiger partial charge in [0.15, 0.2) is 6.61 Å². The van der Waals surface area contributed by atoms with Gasteiger partial charge in [-0.05, 0) is 19.1 Å². The van der Waals surface area contributed by atoms with Crippen molar-refractivity contribution in [3.63, 3.8) is 0 Å². The maximum absolute atomic E-state index is 11.6. The standard InChI is InChI=1S/C13H17N3O3S/c1-8(13(18)15-2)16-11(17)7-19-10-6-4-3-5-9(10)12(14)20/h3-6,8H,7H2,1-2H3,(H2,14,20)(H,15,18)(H,16,17). The van der Waals surface area contributed by atoms with Crippen molar-refractivity contribution < 1.29 is 14.3 Å². The zero-order valence-electron chi connectivity index (χ0n) is 11.3. The van der Waals surface area contributed by atoms with Crippen molar-refractivity contribution in [1.82, 2.24) is 10.6 Å². The molecule has 6 nitrogen and oxygen atoms in total. The molecule has 1 unspecified atom stereocenters. The third-order valence-electron chi connectivity index (χ3n) is 2.53. The summed E-state index contributed by atoms with van der Waals surface area (Å²) in [5, 5.41) is 4.95. The van der Waals surface area contributed by atoms with Gasteiger partial charge in [0.1, 0.15) is 16.8 Å². The van der Waals surface area contributed by atoms with Crippen LogP contribution in [0, 0.1) is 0 Å². The first-order valence-corrected chi connectivity index (χ1v) is 6.39. The molecular formula is C13H17N3O3S. The van der Waals surface area contributed by atoms with Crippen LogP contribution in [-0.2, 0) is 9.59 Å². The Bertz CT molecular complexity index is 519. The third-order valence-corrected chi connectivity index (χ3v) is 2.75. The summed E-state index contributed by atoms with van der Waals surface area (Å²) in [6.45, 7) is 1.36. The highest BCUT2D eigenvalue weighted by Gasteiger charge is 2.14. The molecule has 0 aromatic heterocycles. The Balaban J connectivity index is 2.57. The van der Waals surface area contributed by atoms with E-state index in [0.29, 0.717) is 11.3 Å². The van der Waals surface area contributed by atoms with Crippen molar-refractivity contribution in [1.29, 1.82) is 0 Å². The van der Waals surface area contributed by atoms with Gasteiger partial charge in [-0.2, -0.15) is 0 Å². The molecule has 0 spiro atoms. The van der Waals surface area contributed by atoms with E-state index in [4.69, 9.17) is 22.7 Å². The SMILES string of the molecule is CNC(=O)C(C)NC(=O)COc1ccccc1C(N)=S. The summed E-state index contributed by atoms with van der Waals surface area (Å²) in [7, 11) is 1.50. The van der Waals surface area contributed by atoms with Crippen LogP contribution in [0.3, 0.4) is 0 Å². The van der Waals surface area contributed by atoms with E-state index in [1.54, 1.807) is 31.2 Å². The molecule has 1 aromatic carbocycles. The number of hydrogen-bond acceptors (Lipinski definition) is 4. The highest BCUT2D eigenvalue weighted by Crippen LogP contribution is 2.17. The van der Waals surface area contributed by atoms with Gasteiger partial charge in [-0.25, -0.2) is 0 Å². The Hall–Kier alpha value is -2.15. The minimum atomic E-state index is -0.623. The summed E-state index contributed by atoms with van der Waals surface area (Å²) >= 11 is 4.89. The molecule has 0 saturated carbocycles. The topological polar surface area (TPSA) is 93.5 Å². The fourth-order valence-corrected chi connectivity index (χ4v) is 1.67. The molecule has 0 aliphatic heterocycles. The van der Waals surface area contributed by atoms with Gasteiger partial charge in [0.25, 0.3) is 5.91 Å². The minimum Gasteiger partial charge on any atom is -0.483 e. The average Bonchev–Trinajstić information content (AvgIpc) is 2.44. The number of benzene rings is 1. The zero-order valence-corrected chi connectivity index (χ0v) is 12.1. The third kappa shape index (κ3) is 4.51. The predicted octanol–water partition coefficient (Wildman–Crippen LogP) is -0.0497. The second kappa shape index (κ2) is 7.44. The first-order chi connectivity index (χ1) is 9.45. The fraction of sp³-hybridized carbons (Fsp3) is 0.308. The van der Waals surface area contributed by atoms with Gasteiger partial charge in [-0.1, -0.05) is 24.4 Å². The molecule has 7 heteroatoms. The Labute approximate surface area is 122 Å². The Morgan fingerprint density at radius 2 is 2.05 bits per heavy atom. The van der Waals surface area contributed by atoms with Crippen LogP contribution in [0.15, 0.2) is 24.3 Å². The second-order valence-corrected chi connectivity index (χ2v) is 4.49. The van der Waals surface area contributed by atoms with Crippen molar-refractivity contribution in [2.75, 3.05) is 13.7 Å². The van der Waals surface area contributed by atoms with Crippen LogP contribution in [-0.4, -0.2) is 36.5 Å². The van der Waals surface area contributed by atoms with E-state index in [1.165, 1.54) is 7.05 Å². The number of nitrogens with two attached hydrogens (primary N) is 1. The fourth-order valence-electron chi connectivity index (χ4n) is 1.50. The smallest absolute Gasteiger partial charge is 0.258 e. The summed E-state index contributed by atoms with van der Waals surface area (Å²) in [6.07, 6.45) is 0. The highest BCUT2D eigenvalue weighted by molar-refractivity contribution is 7.80. The molecule has 20 heavy (non-hydrogen) atoms. The zero-order chi connectivity index (χ0) is 15.1. The number of hydrogen-bond donors (Lipinski definition) is 3. The number of nitrogens with one attached hydrogen (secondary N) is 2. The molecule has 1 aromatic rings. The van der Waals surface area contributed by atoms with Crippen molar-refractivity contribution in [2.45, 2.75) is 13.0 Å². The summed E-state index contributed by atoms with van der Waals surface area (Å²) in [5.41, 5.74) is 6.12. The van der Waals surface area contributed by atoms with Gasteiger partial charge in [0.05, 0.1) is 5.56 Å². The Morgan fingerprint density at radius 1 is 1.40 bits per heavy atom. The summed E-state index contributed by atoms with van der Waals surface area (Å²) in [6, 6.07) is 6.28. The molecule has 1 rings (SSSR count). The lowest BCUT2D eigenvalue weighted by Crippen LogP contribution is -2.45. The van der Waals surface area contributed by atoms with Crippen LogP contribution in [0.4, 0.5) is 0 Å². The number of likely N-dealkylation sites (N-methyl/N-ethyl adjacent to an activating group) is 1. The van der Waals surface area contributed by atoms with Crippen LogP contribution in [0.25, 0.3) is 0 Å². The molecule has 4 N–H and O–H groups in total. The average molecular weight is 295 g/mol. The van der Waals surface area contributed by atoms with Crippen LogP contribution in [0.1, 0.15) is 12.5 Å². The number of amides is 2. The normalized spacial score (nSPS) is 11.3.